The summed E-state index contributed by atoms with van der Waals surface area (Å²) in [4.78, 5) is 2.68. The average molecular weight is 266 g/mol. The highest BCUT2D eigenvalue weighted by Gasteiger charge is 2.29. The summed E-state index contributed by atoms with van der Waals surface area (Å²) in [5, 5.41) is 8.01. The highest BCUT2D eigenvalue weighted by Crippen LogP contribution is 2.29. The van der Waals surface area contributed by atoms with Crippen molar-refractivity contribution in [1.29, 1.82) is 0 Å². The first-order chi connectivity index (χ1) is 8.79. The zero-order chi connectivity index (χ0) is 12.8. The summed E-state index contributed by atoms with van der Waals surface area (Å²) in [6.07, 6.45) is 4.03. The maximum absolute atomic E-state index is 3.53. The summed E-state index contributed by atoms with van der Waals surface area (Å²) in [7, 11) is 0. The van der Waals surface area contributed by atoms with Crippen LogP contribution in [-0.2, 0) is 6.54 Å². The van der Waals surface area contributed by atoms with Crippen LogP contribution in [0.3, 0.4) is 0 Å². The van der Waals surface area contributed by atoms with Gasteiger partial charge in [-0.25, -0.2) is 0 Å². The van der Waals surface area contributed by atoms with Gasteiger partial charge in [-0.2, -0.15) is 11.3 Å². The second-order valence-corrected chi connectivity index (χ2v) is 6.38. The van der Waals surface area contributed by atoms with Crippen molar-refractivity contribution in [2.75, 3.05) is 19.6 Å². The second-order valence-electron chi connectivity index (χ2n) is 5.60. The lowest BCUT2D eigenvalue weighted by molar-refractivity contribution is 0.217. The molecule has 0 aromatic carbocycles. The molecule has 2 rings (SSSR count). The molecule has 1 saturated carbocycles. The fourth-order valence-corrected chi connectivity index (χ4v) is 3.05. The fraction of sp³-hybridized carbons (Fsp3) is 0.733. The summed E-state index contributed by atoms with van der Waals surface area (Å²) >= 11 is 1.81. The third-order valence-corrected chi connectivity index (χ3v) is 4.23. The minimum Gasteiger partial charge on any atom is -0.316 e. The lowest BCUT2D eigenvalue weighted by atomic mass is 10.1. The lowest BCUT2D eigenvalue weighted by Gasteiger charge is -2.25. The Bertz CT molecular complexity index is 319. The van der Waals surface area contributed by atoms with Crippen molar-refractivity contribution in [2.45, 2.75) is 45.7 Å². The molecule has 1 aromatic heterocycles. The molecular weight excluding hydrogens is 240 g/mol. The van der Waals surface area contributed by atoms with Crippen LogP contribution in [0.1, 0.15) is 38.7 Å². The molecule has 3 heteroatoms. The second kappa shape index (κ2) is 7.27. The van der Waals surface area contributed by atoms with Gasteiger partial charge in [-0.05, 0) is 60.7 Å². The molecule has 0 spiro atoms. The number of thiophene rings is 1. The number of nitrogens with one attached hydrogen (secondary N) is 1. The average Bonchev–Trinajstić information content (AvgIpc) is 3.08. The standard InChI is InChI=1S/C15H26N2S/c1-3-7-16-9-13(2)10-17(15-4-5-15)11-14-6-8-18-12-14/h6,8,12-13,15-16H,3-5,7,9-11H2,1-2H3. The van der Waals surface area contributed by atoms with Crippen molar-refractivity contribution in [2.24, 2.45) is 5.92 Å². The van der Waals surface area contributed by atoms with Gasteiger partial charge in [0.15, 0.2) is 0 Å². The van der Waals surface area contributed by atoms with E-state index in [0.717, 1.165) is 31.6 Å². The van der Waals surface area contributed by atoms with E-state index in [1.54, 1.807) is 0 Å². The highest BCUT2D eigenvalue weighted by atomic mass is 32.1. The highest BCUT2D eigenvalue weighted by molar-refractivity contribution is 7.07. The molecule has 0 radical (unpaired) electrons. The Labute approximate surface area is 115 Å². The van der Waals surface area contributed by atoms with Crippen LogP contribution in [-0.4, -0.2) is 30.6 Å². The van der Waals surface area contributed by atoms with Gasteiger partial charge in [0.05, 0.1) is 0 Å². The van der Waals surface area contributed by atoms with Gasteiger partial charge in [-0.15, -0.1) is 0 Å². The molecule has 2 nitrogen and oxygen atoms in total. The van der Waals surface area contributed by atoms with Gasteiger partial charge in [-0.1, -0.05) is 13.8 Å². The molecule has 1 aromatic rings. The molecule has 1 N–H and O–H groups in total. The van der Waals surface area contributed by atoms with E-state index in [1.807, 2.05) is 11.3 Å². The molecular formula is C15H26N2S. The normalized spacial score (nSPS) is 17.3. The Morgan fingerprint density at radius 3 is 2.94 bits per heavy atom. The molecule has 1 unspecified atom stereocenters. The van der Waals surface area contributed by atoms with Crippen molar-refractivity contribution in [3.8, 4) is 0 Å². The van der Waals surface area contributed by atoms with Gasteiger partial charge >= 0.3 is 0 Å². The van der Waals surface area contributed by atoms with Crippen LogP contribution >= 0.6 is 11.3 Å². The SMILES string of the molecule is CCCNCC(C)CN(Cc1ccsc1)C1CC1. The molecule has 1 heterocycles. The van der Waals surface area contributed by atoms with E-state index in [2.05, 4.69) is 40.9 Å². The van der Waals surface area contributed by atoms with Gasteiger partial charge in [0.25, 0.3) is 0 Å². The molecule has 1 atom stereocenters. The minimum absolute atomic E-state index is 0.746. The molecule has 0 saturated heterocycles. The van der Waals surface area contributed by atoms with Crippen LogP contribution in [0.2, 0.25) is 0 Å². The summed E-state index contributed by atoms with van der Waals surface area (Å²) in [5.74, 6) is 0.746. The van der Waals surface area contributed by atoms with Crippen LogP contribution in [0.5, 0.6) is 0 Å². The Hall–Kier alpha value is -0.380. The molecule has 102 valence electrons. The Balaban J connectivity index is 1.75. The zero-order valence-corrected chi connectivity index (χ0v) is 12.5. The van der Waals surface area contributed by atoms with Crippen LogP contribution in [0.15, 0.2) is 16.8 Å². The van der Waals surface area contributed by atoms with Gasteiger partial charge < -0.3 is 5.32 Å². The van der Waals surface area contributed by atoms with E-state index in [4.69, 9.17) is 0 Å². The van der Waals surface area contributed by atoms with E-state index in [1.165, 1.54) is 31.4 Å². The van der Waals surface area contributed by atoms with Crippen molar-refractivity contribution >= 4 is 11.3 Å². The summed E-state index contributed by atoms with van der Waals surface area (Å²) in [6.45, 7) is 9.28. The first-order valence-corrected chi connectivity index (χ1v) is 8.19. The molecule has 0 bridgehead atoms. The number of rotatable bonds is 9. The predicted octanol–water partition coefficient (Wildman–Crippen LogP) is 3.35. The van der Waals surface area contributed by atoms with Crippen molar-refractivity contribution in [3.05, 3.63) is 22.4 Å². The summed E-state index contributed by atoms with van der Waals surface area (Å²) < 4.78 is 0. The van der Waals surface area contributed by atoms with Crippen molar-refractivity contribution in [1.82, 2.24) is 10.2 Å². The van der Waals surface area contributed by atoms with E-state index >= 15 is 0 Å². The molecule has 1 fully saturated rings. The van der Waals surface area contributed by atoms with Gasteiger partial charge in [-0.3, -0.25) is 4.90 Å². The van der Waals surface area contributed by atoms with E-state index in [9.17, 15) is 0 Å². The van der Waals surface area contributed by atoms with Gasteiger partial charge in [0.2, 0.25) is 0 Å². The molecule has 0 aliphatic heterocycles. The Morgan fingerprint density at radius 1 is 1.50 bits per heavy atom. The fourth-order valence-electron chi connectivity index (χ4n) is 2.39. The monoisotopic (exact) mass is 266 g/mol. The molecule has 18 heavy (non-hydrogen) atoms. The third kappa shape index (κ3) is 4.71. The molecule has 1 aliphatic carbocycles. The topological polar surface area (TPSA) is 15.3 Å². The Morgan fingerprint density at radius 2 is 2.33 bits per heavy atom. The zero-order valence-electron chi connectivity index (χ0n) is 11.7. The van der Waals surface area contributed by atoms with Crippen molar-refractivity contribution in [3.63, 3.8) is 0 Å². The first kappa shape index (κ1) is 14.0. The summed E-state index contributed by atoms with van der Waals surface area (Å²) in [6, 6.07) is 3.12. The third-order valence-electron chi connectivity index (χ3n) is 3.49. The van der Waals surface area contributed by atoms with E-state index < -0.39 is 0 Å². The first-order valence-electron chi connectivity index (χ1n) is 7.25. The van der Waals surface area contributed by atoms with Gasteiger partial charge in [0.1, 0.15) is 0 Å². The largest absolute Gasteiger partial charge is 0.316 e. The van der Waals surface area contributed by atoms with Crippen molar-refractivity contribution < 1.29 is 0 Å². The maximum Gasteiger partial charge on any atom is 0.0245 e. The van der Waals surface area contributed by atoms with Crippen LogP contribution in [0, 0.1) is 5.92 Å². The predicted molar refractivity (Wildman–Crippen MR) is 80.1 cm³/mol. The maximum atomic E-state index is 3.53. The number of nitrogens with zero attached hydrogens (tertiary/aromatic N) is 1. The van der Waals surface area contributed by atoms with Gasteiger partial charge in [0, 0.05) is 19.1 Å². The van der Waals surface area contributed by atoms with Crippen LogP contribution in [0.25, 0.3) is 0 Å². The van der Waals surface area contributed by atoms with E-state index in [-0.39, 0.29) is 0 Å². The quantitative estimate of drug-likeness (QED) is 0.690. The number of hydrogen-bond donors (Lipinski definition) is 1. The molecule has 1 aliphatic rings. The lowest BCUT2D eigenvalue weighted by Crippen LogP contribution is -2.34. The minimum atomic E-state index is 0.746. The smallest absolute Gasteiger partial charge is 0.0245 e. The van der Waals surface area contributed by atoms with Crippen LogP contribution < -0.4 is 5.32 Å². The van der Waals surface area contributed by atoms with Crippen LogP contribution in [0.4, 0.5) is 0 Å². The molecule has 0 amide bonds. The van der Waals surface area contributed by atoms with E-state index in [0.29, 0.717) is 0 Å². The Kier molecular flexibility index (Phi) is 5.67. The summed E-state index contributed by atoms with van der Waals surface area (Å²) in [5.41, 5.74) is 1.49. The number of hydrogen-bond acceptors (Lipinski definition) is 3.